The van der Waals surface area contributed by atoms with Gasteiger partial charge in [0.1, 0.15) is 16.0 Å². The van der Waals surface area contributed by atoms with Crippen LogP contribution in [-0.4, -0.2) is 18.7 Å². The first-order valence-corrected chi connectivity index (χ1v) is 7.10. The SMILES string of the molecule is NC(=S)c1cc(Nc2c(Cl)ccc3nsnc23)ccn1. The normalized spacial score (nSPS) is 10.7. The molecule has 0 bridgehead atoms. The number of nitrogens with one attached hydrogen (secondary N) is 1. The summed E-state index contributed by atoms with van der Waals surface area (Å²) in [5.74, 6) is 0. The summed E-state index contributed by atoms with van der Waals surface area (Å²) in [5, 5.41) is 3.78. The van der Waals surface area contributed by atoms with Crippen molar-refractivity contribution < 1.29 is 0 Å². The Bertz CT molecular complexity index is 801. The molecular weight excluding hydrogens is 314 g/mol. The van der Waals surface area contributed by atoms with E-state index in [0.29, 0.717) is 16.4 Å². The largest absolute Gasteiger partial charge is 0.388 e. The number of rotatable bonds is 3. The fourth-order valence-electron chi connectivity index (χ4n) is 1.73. The average Bonchev–Trinajstić information content (AvgIpc) is 2.91. The molecule has 0 saturated heterocycles. The monoisotopic (exact) mass is 321 g/mol. The van der Waals surface area contributed by atoms with Gasteiger partial charge in [-0.15, -0.1) is 0 Å². The van der Waals surface area contributed by atoms with Crippen molar-refractivity contribution in [3.05, 3.63) is 41.2 Å². The van der Waals surface area contributed by atoms with Crippen LogP contribution >= 0.6 is 35.5 Å². The van der Waals surface area contributed by atoms with Crippen LogP contribution in [0.25, 0.3) is 11.0 Å². The van der Waals surface area contributed by atoms with E-state index in [2.05, 4.69) is 19.0 Å². The summed E-state index contributed by atoms with van der Waals surface area (Å²) in [5.41, 5.74) is 9.14. The molecule has 20 heavy (non-hydrogen) atoms. The third-order valence-corrected chi connectivity index (χ3v) is 3.73. The third kappa shape index (κ3) is 2.43. The van der Waals surface area contributed by atoms with E-state index in [0.717, 1.165) is 28.4 Å². The van der Waals surface area contributed by atoms with E-state index in [1.54, 1.807) is 24.4 Å². The topological polar surface area (TPSA) is 76.7 Å². The van der Waals surface area contributed by atoms with Crippen LogP contribution in [0, 0.1) is 0 Å². The number of nitrogens with two attached hydrogens (primary N) is 1. The first-order valence-electron chi connectivity index (χ1n) is 5.59. The molecule has 0 saturated carbocycles. The quantitative estimate of drug-likeness (QED) is 0.722. The van der Waals surface area contributed by atoms with Gasteiger partial charge < -0.3 is 11.1 Å². The molecule has 0 radical (unpaired) electrons. The van der Waals surface area contributed by atoms with Gasteiger partial charge in [-0.05, 0) is 24.3 Å². The molecule has 5 nitrogen and oxygen atoms in total. The van der Waals surface area contributed by atoms with Crippen molar-refractivity contribution in [3.8, 4) is 0 Å². The highest BCUT2D eigenvalue weighted by Crippen LogP contribution is 2.32. The number of hydrogen-bond donors (Lipinski definition) is 2. The van der Waals surface area contributed by atoms with Crippen LogP contribution in [0.2, 0.25) is 5.02 Å². The number of halogens is 1. The summed E-state index contributed by atoms with van der Waals surface area (Å²) in [6, 6.07) is 7.18. The third-order valence-electron chi connectivity index (χ3n) is 2.66. The summed E-state index contributed by atoms with van der Waals surface area (Å²) in [6.07, 6.45) is 1.63. The number of nitrogens with zero attached hydrogens (tertiary/aromatic N) is 3. The van der Waals surface area contributed by atoms with Gasteiger partial charge in [-0.25, -0.2) is 0 Å². The second kappa shape index (κ2) is 5.28. The number of aromatic nitrogens is 3. The van der Waals surface area contributed by atoms with Gasteiger partial charge >= 0.3 is 0 Å². The smallest absolute Gasteiger partial charge is 0.129 e. The molecule has 0 spiro atoms. The molecule has 0 amide bonds. The lowest BCUT2D eigenvalue weighted by molar-refractivity contribution is 1.29. The first-order chi connectivity index (χ1) is 9.65. The Kier molecular flexibility index (Phi) is 3.47. The fourth-order valence-corrected chi connectivity index (χ4v) is 2.59. The average molecular weight is 322 g/mol. The molecular formula is C12H8ClN5S2. The van der Waals surface area contributed by atoms with Crippen molar-refractivity contribution in [1.29, 1.82) is 0 Å². The predicted molar refractivity (Wildman–Crippen MR) is 85.8 cm³/mol. The van der Waals surface area contributed by atoms with Crippen LogP contribution in [0.4, 0.5) is 11.4 Å². The van der Waals surface area contributed by atoms with E-state index < -0.39 is 0 Å². The predicted octanol–water partition coefficient (Wildman–Crippen LogP) is 3.12. The van der Waals surface area contributed by atoms with Crippen LogP contribution in [0.5, 0.6) is 0 Å². The van der Waals surface area contributed by atoms with Gasteiger partial charge in [0, 0.05) is 11.9 Å². The molecule has 0 atom stereocenters. The maximum absolute atomic E-state index is 6.22. The number of fused-ring (bicyclic) bond motifs is 1. The summed E-state index contributed by atoms with van der Waals surface area (Å²) in [6.45, 7) is 0. The highest BCUT2D eigenvalue weighted by molar-refractivity contribution is 7.80. The maximum Gasteiger partial charge on any atom is 0.129 e. The number of thiocarbonyl (C=S) groups is 1. The molecule has 0 aliphatic carbocycles. The highest BCUT2D eigenvalue weighted by Gasteiger charge is 2.10. The van der Waals surface area contributed by atoms with Crippen LogP contribution in [0.15, 0.2) is 30.5 Å². The minimum atomic E-state index is 0.244. The summed E-state index contributed by atoms with van der Waals surface area (Å²) >= 11 is 12.3. The zero-order chi connectivity index (χ0) is 14.1. The van der Waals surface area contributed by atoms with Crippen molar-refractivity contribution in [1.82, 2.24) is 13.7 Å². The first kappa shape index (κ1) is 13.2. The van der Waals surface area contributed by atoms with Crippen molar-refractivity contribution in [2.45, 2.75) is 0 Å². The molecule has 2 aromatic heterocycles. The summed E-state index contributed by atoms with van der Waals surface area (Å²) in [7, 11) is 0. The van der Waals surface area contributed by atoms with Crippen molar-refractivity contribution in [2.75, 3.05) is 5.32 Å². The molecule has 8 heteroatoms. The molecule has 100 valence electrons. The lowest BCUT2D eigenvalue weighted by Crippen LogP contribution is -2.11. The van der Waals surface area contributed by atoms with E-state index >= 15 is 0 Å². The standard InChI is InChI=1S/C12H8ClN5S2/c13-7-1-2-8-11(18-20-17-8)10(7)16-6-3-4-15-9(5-6)12(14)19/h1-5H,(H2,14,19)(H,15,16). The van der Waals surface area contributed by atoms with Crippen LogP contribution < -0.4 is 11.1 Å². The van der Waals surface area contributed by atoms with Crippen molar-refractivity contribution >= 4 is 62.9 Å². The van der Waals surface area contributed by atoms with Crippen molar-refractivity contribution in [2.24, 2.45) is 5.73 Å². The molecule has 0 unspecified atom stereocenters. The van der Waals surface area contributed by atoms with Gasteiger partial charge in [0.25, 0.3) is 0 Å². The van der Waals surface area contributed by atoms with E-state index in [4.69, 9.17) is 29.6 Å². The lowest BCUT2D eigenvalue weighted by Gasteiger charge is -2.09. The minimum Gasteiger partial charge on any atom is -0.388 e. The fraction of sp³-hybridized carbons (Fsp3) is 0. The molecule has 3 rings (SSSR count). The zero-order valence-electron chi connectivity index (χ0n) is 10.0. The summed E-state index contributed by atoms with van der Waals surface area (Å²) in [4.78, 5) is 4.33. The second-order valence-electron chi connectivity index (χ2n) is 3.97. The maximum atomic E-state index is 6.22. The van der Waals surface area contributed by atoms with E-state index in [9.17, 15) is 0 Å². The van der Waals surface area contributed by atoms with Crippen molar-refractivity contribution in [3.63, 3.8) is 0 Å². The van der Waals surface area contributed by atoms with E-state index in [1.165, 1.54) is 0 Å². The lowest BCUT2D eigenvalue weighted by atomic mass is 10.2. The van der Waals surface area contributed by atoms with Gasteiger partial charge in [0.05, 0.1) is 28.1 Å². The minimum absolute atomic E-state index is 0.244. The number of anilines is 2. The van der Waals surface area contributed by atoms with Crippen LogP contribution in [-0.2, 0) is 0 Å². The van der Waals surface area contributed by atoms with Crippen LogP contribution in [0.3, 0.4) is 0 Å². The summed E-state index contributed by atoms with van der Waals surface area (Å²) < 4.78 is 8.44. The molecule has 0 aliphatic heterocycles. The van der Waals surface area contributed by atoms with E-state index in [1.807, 2.05) is 6.07 Å². The molecule has 1 aromatic carbocycles. The van der Waals surface area contributed by atoms with Gasteiger partial charge in [-0.2, -0.15) is 8.75 Å². The molecule has 0 fully saturated rings. The van der Waals surface area contributed by atoms with Gasteiger partial charge in [0.2, 0.25) is 0 Å². The zero-order valence-corrected chi connectivity index (χ0v) is 12.4. The Morgan fingerprint density at radius 2 is 2.15 bits per heavy atom. The second-order valence-corrected chi connectivity index (χ2v) is 5.35. The Morgan fingerprint density at radius 1 is 1.30 bits per heavy atom. The highest BCUT2D eigenvalue weighted by atomic mass is 35.5. The Labute approximate surface area is 129 Å². The Balaban J connectivity index is 2.05. The molecule has 2 heterocycles. The van der Waals surface area contributed by atoms with Crippen LogP contribution in [0.1, 0.15) is 5.69 Å². The number of hydrogen-bond acceptors (Lipinski definition) is 6. The Morgan fingerprint density at radius 3 is 2.95 bits per heavy atom. The van der Waals surface area contributed by atoms with E-state index in [-0.39, 0.29) is 4.99 Å². The number of pyridine rings is 1. The van der Waals surface area contributed by atoms with Gasteiger partial charge in [-0.3, -0.25) is 4.98 Å². The van der Waals surface area contributed by atoms with Gasteiger partial charge in [0.15, 0.2) is 0 Å². The molecule has 3 N–H and O–H groups in total. The molecule has 3 aromatic rings. The molecule has 0 aliphatic rings. The van der Waals surface area contributed by atoms with Gasteiger partial charge in [-0.1, -0.05) is 23.8 Å². The number of benzene rings is 1. The Hall–Kier alpha value is -1.83.